The van der Waals surface area contributed by atoms with E-state index in [1.54, 1.807) is 13.8 Å². The topological polar surface area (TPSA) is 99.0 Å². The lowest BCUT2D eigenvalue weighted by Crippen LogP contribution is -2.34. The van der Waals surface area contributed by atoms with Crippen molar-refractivity contribution in [3.05, 3.63) is 90.8 Å². The molecule has 9 heteroatoms. The SMILES string of the molecule is CC(C)S(=O)(=O)n1c(N)nc2ccc(-c3c(-c4ccccc4)ncn3C3CCN(Cc4ccccc4)CC3)cc21. The summed E-state index contributed by atoms with van der Waals surface area (Å²) in [7, 11) is -3.70. The number of imidazole rings is 2. The molecule has 6 rings (SSSR count). The van der Waals surface area contributed by atoms with E-state index >= 15 is 0 Å². The first-order valence-electron chi connectivity index (χ1n) is 13.7. The minimum atomic E-state index is -3.70. The number of piperidine rings is 1. The molecule has 0 radical (unpaired) electrons. The van der Waals surface area contributed by atoms with Gasteiger partial charge in [-0.1, -0.05) is 66.7 Å². The quantitative estimate of drug-likeness (QED) is 0.282. The molecule has 0 saturated carbocycles. The highest BCUT2D eigenvalue weighted by atomic mass is 32.2. The number of nitrogens with zero attached hydrogens (tertiary/aromatic N) is 5. The summed E-state index contributed by atoms with van der Waals surface area (Å²) in [5.41, 5.74) is 12.2. The average molecular weight is 555 g/mol. The van der Waals surface area contributed by atoms with E-state index in [4.69, 9.17) is 10.7 Å². The summed E-state index contributed by atoms with van der Waals surface area (Å²) in [4.78, 5) is 11.8. The maximum atomic E-state index is 13.2. The van der Waals surface area contributed by atoms with Crippen molar-refractivity contribution in [2.75, 3.05) is 18.8 Å². The van der Waals surface area contributed by atoms with Crippen LogP contribution in [0.25, 0.3) is 33.5 Å². The maximum absolute atomic E-state index is 13.2. The van der Waals surface area contributed by atoms with Crippen molar-refractivity contribution >= 4 is 27.0 Å². The zero-order valence-corrected chi connectivity index (χ0v) is 23.6. The molecule has 1 fully saturated rings. The molecule has 3 aromatic carbocycles. The van der Waals surface area contributed by atoms with Crippen molar-refractivity contribution in [1.29, 1.82) is 0 Å². The molecule has 5 aromatic rings. The minimum Gasteiger partial charge on any atom is -0.368 e. The lowest BCUT2D eigenvalue weighted by Gasteiger charge is -2.33. The number of aromatic nitrogens is 4. The van der Waals surface area contributed by atoms with Gasteiger partial charge in [0.05, 0.1) is 34.0 Å². The standard InChI is InChI=1S/C31H34N6O2S/c1-22(2)40(38,39)37-28-19-25(13-14-27(28)34-31(37)32)30-29(24-11-7-4-8-12-24)33-21-36(30)26-15-17-35(18-16-26)20-23-9-5-3-6-10-23/h3-14,19,21-22,26H,15-18,20H2,1-2H3,(H2,32,34). The number of likely N-dealkylation sites (tertiary alicyclic amines) is 1. The summed E-state index contributed by atoms with van der Waals surface area (Å²) in [5.74, 6) is -0.0246. The molecule has 0 amide bonds. The summed E-state index contributed by atoms with van der Waals surface area (Å²) in [5, 5.41) is -0.637. The first-order chi connectivity index (χ1) is 19.3. The van der Waals surface area contributed by atoms with Gasteiger partial charge in [-0.3, -0.25) is 4.90 Å². The van der Waals surface area contributed by atoms with E-state index in [1.165, 1.54) is 9.54 Å². The molecule has 0 bridgehead atoms. The van der Waals surface area contributed by atoms with Gasteiger partial charge in [-0.25, -0.2) is 22.4 Å². The van der Waals surface area contributed by atoms with Crippen LogP contribution in [0.15, 0.2) is 85.2 Å². The Bertz CT molecular complexity index is 1740. The molecular formula is C31H34N6O2S. The second kappa shape index (κ2) is 10.6. The molecule has 1 saturated heterocycles. The van der Waals surface area contributed by atoms with Gasteiger partial charge < -0.3 is 10.3 Å². The first kappa shape index (κ1) is 26.3. The number of nitrogen functional groups attached to an aromatic ring is 1. The van der Waals surface area contributed by atoms with E-state index in [2.05, 4.69) is 56.9 Å². The van der Waals surface area contributed by atoms with Gasteiger partial charge in [0.25, 0.3) is 0 Å². The Balaban J connectivity index is 1.40. The Morgan fingerprint density at radius 2 is 1.60 bits per heavy atom. The summed E-state index contributed by atoms with van der Waals surface area (Å²) in [6.07, 6.45) is 3.94. The molecule has 1 aliphatic rings. The molecule has 8 nitrogen and oxygen atoms in total. The summed E-state index contributed by atoms with van der Waals surface area (Å²) in [6, 6.07) is 26.7. The highest BCUT2D eigenvalue weighted by Gasteiger charge is 2.28. The summed E-state index contributed by atoms with van der Waals surface area (Å²) in [6.45, 7) is 6.24. The van der Waals surface area contributed by atoms with E-state index in [-0.39, 0.29) is 12.0 Å². The van der Waals surface area contributed by atoms with E-state index in [0.29, 0.717) is 11.0 Å². The van der Waals surface area contributed by atoms with Crippen molar-refractivity contribution in [3.8, 4) is 22.5 Å². The fraction of sp³-hybridized carbons (Fsp3) is 0.290. The lowest BCUT2D eigenvalue weighted by molar-refractivity contribution is 0.180. The second-order valence-electron chi connectivity index (χ2n) is 10.7. The molecule has 40 heavy (non-hydrogen) atoms. The lowest BCUT2D eigenvalue weighted by atomic mass is 10.0. The smallest absolute Gasteiger partial charge is 0.244 e. The average Bonchev–Trinajstić information content (AvgIpc) is 3.55. The number of nitrogens with two attached hydrogens (primary N) is 1. The van der Waals surface area contributed by atoms with Gasteiger partial charge >= 0.3 is 0 Å². The summed E-state index contributed by atoms with van der Waals surface area (Å²) < 4.78 is 29.9. The van der Waals surface area contributed by atoms with Crippen molar-refractivity contribution in [2.24, 2.45) is 0 Å². The fourth-order valence-corrected chi connectivity index (χ4v) is 6.77. The van der Waals surface area contributed by atoms with E-state index in [1.807, 2.05) is 42.7 Å². The Labute approximate surface area is 235 Å². The predicted octanol–water partition coefficient (Wildman–Crippen LogP) is 5.57. The van der Waals surface area contributed by atoms with Crippen LogP contribution in [0.5, 0.6) is 0 Å². The minimum absolute atomic E-state index is 0.0246. The number of hydrogen-bond acceptors (Lipinski definition) is 6. The Morgan fingerprint density at radius 3 is 2.27 bits per heavy atom. The number of anilines is 1. The van der Waals surface area contributed by atoms with Crippen molar-refractivity contribution in [3.63, 3.8) is 0 Å². The monoisotopic (exact) mass is 554 g/mol. The van der Waals surface area contributed by atoms with Gasteiger partial charge in [-0.2, -0.15) is 0 Å². The van der Waals surface area contributed by atoms with Gasteiger partial charge in [-0.05, 0) is 44.4 Å². The van der Waals surface area contributed by atoms with Gasteiger partial charge in [0.1, 0.15) is 0 Å². The molecular weight excluding hydrogens is 520 g/mol. The predicted molar refractivity (Wildman–Crippen MR) is 160 cm³/mol. The van der Waals surface area contributed by atoms with Crippen molar-refractivity contribution in [2.45, 2.75) is 44.5 Å². The normalized spacial score (nSPS) is 15.3. The highest BCUT2D eigenvalue weighted by Crippen LogP contribution is 2.38. The zero-order chi connectivity index (χ0) is 27.9. The second-order valence-corrected chi connectivity index (χ2v) is 13.1. The van der Waals surface area contributed by atoms with Gasteiger partial charge in [0, 0.05) is 36.8 Å². The molecule has 0 unspecified atom stereocenters. The molecule has 2 N–H and O–H groups in total. The third kappa shape index (κ3) is 4.80. The van der Waals surface area contributed by atoms with Crippen LogP contribution in [0.2, 0.25) is 0 Å². The van der Waals surface area contributed by atoms with Crippen LogP contribution < -0.4 is 5.73 Å². The van der Waals surface area contributed by atoms with E-state index in [0.717, 1.165) is 55.0 Å². The fourth-order valence-electron chi connectivity index (χ4n) is 5.63. The highest BCUT2D eigenvalue weighted by molar-refractivity contribution is 7.90. The van der Waals surface area contributed by atoms with E-state index in [9.17, 15) is 8.42 Å². The number of benzene rings is 3. The Morgan fingerprint density at radius 1 is 0.925 bits per heavy atom. The first-order valence-corrected chi connectivity index (χ1v) is 15.2. The number of fused-ring (bicyclic) bond motifs is 1. The van der Waals surface area contributed by atoms with E-state index < -0.39 is 15.3 Å². The third-order valence-electron chi connectivity index (χ3n) is 7.80. The van der Waals surface area contributed by atoms with Crippen molar-refractivity contribution < 1.29 is 8.42 Å². The van der Waals surface area contributed by atoms with Gasteiger partial charge in [-0.15, -0.1) is 0 Å². The molecule has 2 aromatic heterocycles. The molecule has 0 spiro atoms. The maximum Gasteiger partial charge on any atom is 0.244 e. The molecule has 3 heterocycles. The van der Waals surface area contributed by atoms with Gasteiger partial charge in [0.2, 0.25) is 16.0 Å². The van der Waals surface area contributed by atoms with Crippen LogP contribution in [0.4, 0.5) is 5.95 Å². The molecule has 1 aliphatic heterocycles. The molecule has 206 valence electrons. The van der Waals surface area contributed by atoms with Crippen LogP contribution in [-0.2, 0) is 16.6 Å². The largest absolute Gasteiger partial charge is 0.368 e. The van der Waals surface area contributed by atoms with Crippen LogP contribution in [-0.4, -0.2) is 50.2 Å². The summed E-state index contributed by atoms with van der Waals surface area (Å²) >= 11 is 0. The van der Waals surface area contributed by atoms with Crippen LogP contribution in [0, 0.1) is 0 Å². The number of rotatable bonds is 7. The Hall–Kier alpha value is -3.95. The third-order valence-corrected chi connectivity index (χ3v) is 9.89. The van der Waals surface area contributed by atoms with Crippen molar-refractivity contribution in [1.82, 2.24) is 23.4 Å². The van der Waals surface area contributed by atoms with Crippen LogP contribution in [0.1, 0.15) is 38.3 Å². The Kier molecular flexibility index (Phi) is 6.93. The number of hydrogen-bond donors (Lipinski definition) is 1. The van der Waals surface area contributed by atoms with Gasteiger partial charge in [0.15, 0.2) is 0 Å². The van der Waals surface area contributed by atoms with Crippen LogP contribution in [0.3, 0.4) is 0 Å². The zero-order valence-electron chi connectivity index (χ0n) is 22.8. The van der Waals surface area contributed by atoms with Crippen LogP contribution >= 0.6 is 0 Å². The molecule has 0 aliphatic carbocycles. The molecule has 0 atom stereocenters.